The second-order valence-electron chi connectivity index (χ2n) is 4.65. The van der Waals surface area contributed by atoms with Crippen LogP contribution in [-0.4, -0.2) is 15.7 Å². The van der Waals surface area contributed by atoms with E-state index in [4.69, 9.17) is 0 Å². The Hall–Kier alpha value is -2.88. The fourth-order valence-corrected chi connectivity index (χ4v) is 2.24. The van der Waals surface area contributed by atoms with Crippen LogP contribution in [0.5, 0.6) is 0 Å². The molecule has 21 heavy (non-hydrogen) atoms. The van der Waals surface area contributed by atoms with Gasteiger partial charge < -0.3 is 0 Å². The topological polar surface area (TPSA) is 38.1 Å². The van der Waals surface area contributed by atoms with Gasteiger partial charge in [-0.15, -0.1) is 0 Å². The lowest BCUT2D eigenvalue weighted by molar-refractivity contribution is 0.0990. The number of para-hydroxylation sites is 2. The highest BCUT2D eigenvalue weighted by Crippen LogP contribution is 2.26. The number of nitrogens with zero attached hydrogens (tertiary/aromatic N) is 3. The summed E-state index contributed by atoms with van der Waals surface area (Å²) in [6.07, 6.45) is 1.63. The van der Waals surface area contributed by atoms with Gasteiger partial charge in [0.15, 0.2) is 0 Å². The molecule has 3 rings (SSSR count). The molecule has 0 aliphatic heterocycles. The van der Waals surface area contributed by atoms with E-state index in [-0.39, 0.29) is 5.91 Å². The Morgan fingerprint density at radius 2 is 1.43 bits per heavy atom. The molecule has 0 fully saturated rings. The zero-order valence-electron chi connectivity index (χ0n) is 11.7. The molecule has 0 aliphatic carbocycles. The summed E-state index contributed by atoms with van der Waals surface area (Å²) in [6, 6.07) is 20.9. The number of rotatable bonds is 3. The van der Waals surface area contributed by atoms with Crippen LogP contribution >= 0.6 is 0 Å². The number of hydrogen-bond donors (Lipinski definition) is 0. The van der Waals surface area contributed by atoms with Gasteiger partial charge in [-0.25, -0.2) is 0 Å². The van der Waals surface area contributed by atoms with Crippen molar-refractivity contribution in [2.75, 3.05) is 4.90 Å². The molecule has 4 heteroatoms. The Labute approximate surface area is 123 Å². The van der Waals surface area contributed by atoms with Crippen LogP contribution in [0.4, 0.5) is 11.4 Å². The second kappa shape index (κ2) is 5.63. The molecule has 0 unspecified atom stereocenters. The molecule has 104 valence electrons. The van der Waals surface area contributed by atoms with Crippen molar-refractivity contribution in [1.29, 1.82) is 0 Å². The van der Waals surface area contributed by atoms with E-state index >= 15 is 0 Å². The van der Waals surface area contributed by atoms with Crippen LogP contribution in [0.1, 0.15) is 10.5 Å². The van der Waals surface area contributed by atoms with Crippen molar-refractivity contribution in [3.8, 4) is 0 Å². The quantitative estimate of drug-likeness (QED) is 0.736. The standard InChI is InChI=1S/C17H15N3O/c1-19-16(12-13-18-19)17(21)20(14-8-4-2-5-9-14)15-10-6-3-7-11-15/h2-13H,1H3. The van der Waals surface area contributed by atoms with E-state index in [1.54, 1.807) is 28.9 Å². The summed E-state index contributed by atoms with van der Waals surface area (Å²) in [7, 11) is 1.77. The van der Waals surface area contributed by atoms with Gasteiger partial charge in [0, 0.05) is 24.6 Å². The first-order valence-electron chi connectivity index (χ1n) is 6.70. The van der Waals surface area contributed by atoms with Gasteiger partial charge in [-0.1, -0.05) is 36.4 Å². The minimum Gasteiger partial charge on any atom is -0.276 e. The minimum absolute atomic E-state index is 0.104. The highest BCUT2D eigenvalue weighted by molar-refractivity contribution is 6.09. The summed E-state index contributed by atoms with van der Waals surface area (Å²) in [5.74, 6) is -0.104. The smallest absolute Gasteiger partial charge is 0.276 e. The van der Waals surface area contributed by atoms with Crippen LogP contribution in [0.3, 0.4) is 0 Å². The maximum atomic E-state index is 12.9. The van der Waals surface area contributed by atoms with Crippen molar-refractivity contribution in [1.82, 2.24) is 9.78 Å². The van der Waals surface area contributed by atoms with Crippen LogP contribution in [-0.2, 0) is 7.05 Å². The normalized spacial score (nSPS) is 10.3. The van der Waals surface area contributed by atoms with Crippen LogP contribution in [0.15, 0.2) is 72.9 Å². The molecule has 0 saturated heterocycles. The Kier molecular flexibility index (Phi) is 3.51. The van der Waals surface area contributed by atoms with E-state index in [1.165, 1.54) is 0 Å². The largest absolute Gasteiger partial charge is 0.281 e. The molecule has 0 aliphatic rings. The lowest BCUT2D eigenvalue weighted by atomic mass is 10.2. The zero-order chi connectivity index (χ0) is 14.7. The maximum Gasteiger partial charge on any atom is 0.281 e. The van der Waals surface area contributed by atoms with Gasteiger partial charge in [-0.05, 0) is 30.3 Å². The van der Waals surface area contributed by atoms with Crippen molar-refractivity contribution < 1.29 is 4.79 Å². The Morgan fingerprint density at radius 3 is 1.86 bits per heavy atom. The highest BCUT2D eigenvalue weighted by atomic mass is 16.2. The van der Waals surface area contributed by atoms with Gasteiger partial charge in [-0.3, -0.25) is 14.4 Å². The molecule has 0 spiro atoms. The van der Waals surface area contributed by atoms with Crippen LogP contribution < -0.4 is 4.90 Å². The third-order valence-electron chi connectivity index (χ3n) is 3.27. The molecule has 1 amide bonds. The number of anilines is 2. The summed E-state index contributed by atoms with van der Waals surface area (Å²) in [6.45, 7) is 0. The third kappa shape index (κ3) is 2.56. The summed E-state index contributed by atoms with van der Waals surface area (Å²) < 4.78 is 1.58. The van der Waals surface area contributed by atoms with Gasteiger partial charge in [0.2, 0.25) is 0 Å². The second-order valence-corrected chi connectivity index (χ2v) is 4.65. The zero-order valence-corrected chi connectivity index (χ0v) is 11.7. The molecular weight excluding hydrogens is 262 g/mol. The van der Waals surface area contributed by atoms with Crippen molar-refractivity contribution in [3.63, 3.8) is 0 Å². The van der Waals surface area contributed by atoms with Gasteiger partial charge in [0.05, 0.1) is 0 Å². The Morgan fingerprint density at radius 1 is 0.905 bits per heavy atom. The number of carbonyl (C=O) groups excluding carboxylic acids is 1. The first-order valence-corrected chi connectivity index (χ1v) is 6.70. The van der Waals surface area contributed by atoms with Gasteiger partial charge in [0.1, 0.15) is 5.69 Å². The van der Waals surface area contributed by atoms with Gasteiger partial charge >= 0.3 is 0 Å². The summed E-state index contributed by atoms with van der Waals surface area (Å²) in [4.78, 5) is 14.6. The summed E-state index contributed by atoms with van der Waals surface area (Å²) >= 11 is 0. The van der Waals surface area contributed by atoms with Crippen LogP contribution in [0, 0.1) is 0 Å². The summed E-state index contributed by atoms with van der Waals surface area (Å²) in [5.41, 5.74) is 2.20. The minimum atomic E-state index is -0.104. The average molecular weight is 277 g/mol. The molecule has 3 aromatic rings. The third-order valence-corrected chi connectivity index (χ3v) is 3.27. The fourth-order valence-electron chi connectivity index (χ4n) is 2.24. The number of hydrogen-bond acceptors (Lipinski definition) is 2. The maximum absolute atomic E-state index is 12.9. The van der Waals surface area contributed by atoms with E-state index in [0.29, 0.717) is 5.69 Å². The van der Waals surface area contributed by atoms with Crippen LogP contribution in [0.25, 0.3) is 0 Å². The number of carbonyl (C=O) groups is 1. The number of amides is 1. The molecular formula is C17H15N3O. The molecule has 2 aromatic carbocycles. The number of aryl methyl sites for hydroxylation is 1. The molecule has 0 saturated carbocycles. The Balaban J connectivity index is 2.09. The molecule has 4 nitrogen and oxygen atoms in total. The highest BCUT2D eigenvalue weighted by Gasteiger charge is 2.21. The Bertz CT molecular complexity index is 695. The van der Waals surface area contributed by atoms with Crippen molar-refractivity contribution >= 4 is 17.3 Å². The van der Waals surface area contributed by atoms with E-state index in [0.717, 1.165) is 11.4 Å². The van der Waals surface area contributed by atoms with E-state index in [2.05, 4.69) is 5.10 Å². The van der Waals surface area contributed by atoms with E-state index < -0.39 is 0 Å². The number of aromatic nitrogens is 2. The van der Waals surface area contributed by atoms with Crippen molar-refractivity contribution in [3.05, 3.63) is 78.6 Å². The lowest BCUT2D eigenvalue weighted by Gasteiger charge is -2.23. The lowest BCUT2D eigenvalue weighted by Crippen LogP contribution is -2.27. The van der Waals surface area contributed by atoms with E-state index in [1.807, 2.05) is 60.7 Å². The fraction of sp³-hybridized carbons (Fsp3) is 0.0588. The predicted octanol–water partition coefficient (Wildman–Crippen LogP) is 3.40. The first kappa shape index (κ1) is 13.1. The summed E-state index contributed by atoms with van der Waals surface area (Å²) in [5, 5.41) is 4.08. The first-order chi connectivity index (χ1) is 10.3. The molecule has 0 radical (unpaired) electrons. The monoisotopic (exact) mass is 277 g/mol. The van der Waals surface area contributed by atoms with Gasteiger partial charge in [0.25, 0.3) is 5.91 Å². The number of benzene rings is 2. The van der Waals surface area contributed by atoms with Gasteiger partial charge in [-0.2, -0.15) is 5.10 Å². The predicted molar refractivity (Wildman–Crippen MR) is 82.6 cm³/mol. The van der Waals surface area contributed by atoms with Crippen molar-refractivity contribution in [2.24, 2.45) is 7.05 Å². The average Bonchev–Trinajstić information content (AvgIpc) is 2.96. The molecule has 0 N–H and O–H groups in total. The molecule has 1 heterocycles. The molecule has 0 atom stereocenters. The SMILES string of the molecule is Cn1nccc1C(=O)N(c1ccccc1)c1ccccc1. The van der Waals surface area contributed by atoms with E-state index in [9.17, 15) is 4.79 Å². The van der Waals surface area contributed by atoms with Crippen LogP contribution in [0.2, 0.25) is 0 Å². The van der Waals surface area contributed by atoms with Crippen molar-refractivity contribution in [2.45, 2.75) is 0 Å². The molecule has 1 aromatic heterocycles. The molecule has 0 bridgehead atoms.